The second-order valence-corrected chi connectivity index (χ2v) is 5.69. The lowest BCUT2D eigenvalue weighted by Crippen LogP contribution is -2.34. The fourth-order valence-electron chi connectivity index (χ4n) is 3.05. The van der Waals surface area contributed by atoms with E-state index in [1.54, 1.807) is 12.1 Å². The number of para-hydroxylation sites is 1. The first-order chi connectivity index (χ1) is 9.04. The SMILES string of the molecule is CNCc1cccc(F)c1N1CC(C)C(N(C)C)C1. The van der Waals surface area contributed by atoms with Gasteiger partial charge in [-0.15, -0.1) is 0 Å². The molecule has 1 aromatic carbocycles. The molecule has 1 heterocycles. The van der Waals surface area contributed by atoms with Crippen LogP contribution < -0.4 is 10.2 Å². The van der Waals surface area contributed by atoms with Crippen molar-refractivity contribution in [1.82, 2.24) is 10.2 Å². The van der Waals surface area contributed by atoms with Crippen LogP contribution in [0.3, 0.4) is 0 Å². The number of hydrogen-bond acceptors (Lipinski definition) is 3. The van der Waals surface area contributed by atoms with Crippen LogP contribution in [0.4, 0.5) is 10.1 Å². The van der Waals surface area contributed by atoms with Crippen LogP contribution in [0, 0.1) is 11.7 Å². The zero-order valence-corrected chi connectivity index (χ0v) is 12.3. The Hall–Kier alpha value is -1.13. The minimum absolute atomic E-state index is 0.112. The average Bonchev–Trinajstić information content (AvgIpc) is 2.71. The van der Waals surface area contributed by atoms with Gasteiger partial charge in [0.1, 0.15) is 5.82 Å². The fourth-order valence-corrected chi connectivity index (χ4v) is 3.05. The van der Waals surface area contributed by atoms with Crippen molar-refractivity contribution in [1.29, 1.82) is 0 Å². The van der Waals surface area contributed by atoms with Gasteiger partial charge in [0, 0.05) is 25.7 Å². The van der Waals surface area contributed by atoms with Gasteiger partial charge in [-0.2, -0.15) is 0 Å². The van der Waals surface area contributed by atoms with E-state index in [0.29, 0.717) is 18.5 Å². The van der Waals surface area contributed by atoms with Gasteiger partial charge in [0.2, 0.25) is 0 Å². The molecule has 106 valence electrons. The quantitative estimate of drug-likeness (QED) is 0.897. The van der Waals surface area contributed by atoms with Crippen molar-refractivity contribution in [3.63, 3.8) is 0 Å². The number of nitrogens with zero attached hydrogens (tertiary/aromatic N) is 2. The maximum atomic E-state index is 14.2. The van der Waals surface area contributed by atoms with E-state index in [1.165, 1.54) is 0 Å². The molecule has 4 heteroatoms. The highest BCUT2D eigenvalue weighted by Gasteiger charge is 2.33. The van der Waals surface area contributed by atoms with E-state index in [9.17, 15) is 4.39 Å². The molecule has 1 N–H and O–H groups in total. The summed E-state index contributed by atoms with van der Waals surface area (Å²) in [5, 5.41) is 3.12. The van der Waals surface area contributed by atoms with E-state index >= 15 is 0 Å². The zero-order chi connectivity index (χ0) is 14.0. The topological polar surface area (TPSA) is 18.5 Å². The highest BCUT2D eigenvalue weighted by molar-refractivity contribution is 5.56. The number of benzene rings is 1. The first-order valence-corrected chi connectivity index (χ1v) is 6.88. The minimum atomic E-state index is -0.112. The van der Waals surface area contributed by atoms with Gasteiger partial charge in [-0.1, -0.05) is 19.1 Å². The van der Waals surface area contributed by atoms with Crippen molar-refractivity contribution in [3.8, 4) is 0 Å². The predicted molar refractivity (Wildman–Crippen MR) is 78.0 cm³/mol. The number of halogens is 1. The van der Waals surface area contributed by atoms with E-state index in [2.05, 4.69) is 36.1 Å². The van der Waals surface area contributed by atoms with Crippen LogP contribution in [-0.2, 0) is 6.54 Å². The molecule has 1 saturated heterocycles. The summed E-state index contributed by atoms with van der Waals surface area (Å²) < 4.78 is 14.2. The summed E-state index contributed by atoms with van der Waals surface area (Å²) in [6.45, 7) is 4.75. The van der Waals surface area contributed by atoms with E-state index < -0.39 is 0 Å². The Bertz CT molecular complexity index is 433. The lowest BCUT2D eigenvalue weighted by molar-refractivity contribution is 0.266. The number of anilines is 1. The molecule has 0 bridgehead atoms. The summed E-state index contributed by atoms with van der Waals surface area (Å²) in [4.78, 5) is 4.43. The summed E-state index contributed by atoms with van der Waals surface area (Å²) in [5.74, 6) is 0.441. The molecule has 2 unspecified atom stereocenters. The van der Waals surface area contributed by atoms with Crippen molar-refractivity contribution in [2.24, 2.45) is 5.92 Å². The molecule has 0 saturated carbocycles. The van der Waals surface area contributed by atoms with Crippen LogP contribution in [0.5, 0.6) is 0 Å². The second-order valence-electron chi connectivity index (χ2n) is 5.69. The van der Waals surface area contributed by atoms with Gasteiger partial charge >= 0.3 is 0 Å². The third kappa shape index (κ3) is 2.90. The van der Waals surface area contributed by atoms with Gasteiger partial charge in [0.25, 0.3) is 0 Å². The first-order valence-electron chi connectivity index (χ1n) is 6.88. The summed E-state index contributed by atoms with van der Waals surface area (Å²) in [5.41, 5.74) is 1.81. The Morgan fingerprint density at radius 3 is 2.68 bits per heavy atom. The van der Waals surface area contributed by atoms with Gasteiger partial charge in [-0.3, -0.25) is 0 Å². The molecular formula is C15H24FN3. The van der Waals surface area contributed by atoms with Crippen molar-refractivity contribution >= 4 is 5.69 Å². The largest absolute Gasteiger partial charge is 0.367 e. The third-order valence-corrected chi connectivity index (χ3v) is 3.99. The zero-order valence-electron chi connectivity index (χ0n) is 12.3. The molecule has 0 spiro atoms. The van der Waals surface area contributed by atoms with Crippen LogP contribution >= 0.6 is 0 Å². The van der Waals surface area contributed by atoms with Crippen molar-refractivity contribution in [2.45, 2.75) is 19.5 Å². The Kier molecular flexibility index (Phi) is 4.42. The molecule has 1 aliphatic rings. The molecule has 19 heavy (non-hydrogen) atoms. The van der Waals surface area contributed by atoms with E-state index in [1.807, 2.05) is 13.1 Å². The van der Waals surface area contributed by atoms with Crippen molar-refractivity contribution in [2.75, 3.05) is 39.1 Å². The normalized spacial score (nSPS) is 23.4. The van der Waals surface area contributed by atoms with Gasteiger partial charge in [0.05, 0.1) is 5.69 Å². The third-order valence-electron chi connectivity index (χ3n) is 3.99. The Balaban J connectivity index is 2.28. The second kappa shape index (κ2) is 5.88. The van der Waals surface area contributed by atoms with Crippen molar-refractivity contribution < 1.29 is 4.39 Å². The summed E-state index contributed by atoms with van der Waals surface area (Å²) in [6.07, 6.45) is 0. The number of rotatable bonds is 4. The van der Waals surface area contributed by atoms with Gasteiger partial charge < -0.3 is 15.1 Å². The van der Waals surface area contributed by atoms with Crippen LogP contribution in [-0.4, -0.2) is 45.2 Å². The van der Waals surface area contributed by atoms with Crippen LogP contribution in [0.25, 0.3) is 0 Å². The number of nitrogens with one attached hydrogen (secondary N) is 1. The molecule has 0 aliphatic carbocycles. The monoisotopic (exact) mass is 265 g/mol. The molecule has 0 aromatic heterocycles. The predicted octanol–water partition coefficient (Wildman–Crippen LogP) is 1.93. The Morgan fingerprint density at radius 1 is 1.37 bits per heavy atom. The van der Waals surface area contributed by atoms with Gasteiger partial charge in [-0.25, -0.2) is 4.39 Å². The molecule has 0 amide bonds. The van der Waals surface area contributed by atoms with E-state index in [-0.39, 0.29) is 5.82 Å². The first kappa shape index (κ1) is 14.3. The molecule has 3 nitrogen and oxygen atoms in total. The maximum absolute atomic E-state index is 14.2. The molecule has 1 aliphatic heterocycles. The standard InChI is InChI=1S/C15H24FN3/c1-11-9-19(10-14(11)18(3)4)15-12(8-17-2)6-5-7-13(15)16/h5-7,11,14,17H,8-10H2,1-4H3. The van der Waals surface area contributed by atoms with Crippen LogP contribution in [0.2, 0.25) is 0 Å². The molecule has 0 radical (unpaired) electrons. The lowest BCUT2D eigenvalue weighted by atomic mass is 10.1. The van der Waals surface area contributed by atoms with Crippen LogP contribution in [0.1, 0.15) is 12.5 Å². The summed E-state index contributed by atoms with van der Waals surface area (Å²) in [6, 6.07) is 5.83. The van der Waals surface area contributed by atoms with Crippen molar-refractivity contribution in [3.05, 3.63) is 29.6 Å². The molecule has 1 fully saturated rings. The number of likely N-dealkylation sites (N-methyl/N-ethyl adjacent to an activating group) is 1. The molecule has 1 aromatic rings. The Labute approximate surface area is 115 Å². The molecule has 2 rings (SSSR count). The molecular weight excluding hydrogens is 241 g/mol. The minimum Gasteiger partial charge on any atom is -0.367 e. The summed E-state index contributed by atoms with van der Waals surface area (Å²) in [7, 11) is 6.09. The number of hydrogen-bond donors (Lipinski definition) is 1. The van der Waals surface area contributed by atoms with Gasteiger partial charge in [-0.05, 0) is 38.7 Å². The average molecular weight is 265 g/mol. The lowest BCUT2D eigenvalue weighted by Gasteiger charge is -2.24. The maximum Gasteiger partial charge on any atom is 0.146 e. The highest BCUT2D eigenvalue weighted by atomic mass is 19.1. The van der Waals surface area contributed by atoms with Crippen LogP contribution in [0.15, 0.2) is 18.2 Å². The van der Waals surface area contributed by atoms with E-state index in [4.69, 9.17) is 0 Å². The van der Waals surface area contributed by atoms with Gasteiger partial charge in [0.15, 0.2) is 0 Å². The van der Waals surface area contributed by atoms with E-state index in [0.717, 1.165) is 24.3 Å². The highest BCUT2D eigenvalue weighted by Crippen LogP contribution is 2.31. The smallest absolute Gasteiger partial charge is 0.146 e. The molecule has 2 atom stereocenters. The summed E-state index contributed by atoms with van der Waals surface area (Å²) >= 11 is 0. The Morgan fingerprint density at radius 2 is 2.11 bits per heavy atom. The fraction of sp³-hybridized carbons (Fsp3) is 0.600.